The monoisotopic (exact) mass is 338 g/mol. The van der Waals surface area contributed by atoms with Crippen LogP contribution in [0.25, 0.3) is 0 Å². The lowest BCUT2D eigenvalue weighted by atomic mass is 10.1. The molecule has 1 heterocycles. The van der Waals surface area contributed by atoms with E-state index in [1.165, 1.54) is 0 Å². The van der Waals surface area contributed by atoms with E-state index in [0.29, 0.717) is 12.2 Å². The number of amides is 2. The maximum absolute atomic E-state index is 12.5. The predicted octanol–water partition coefficient (Wildman–Crippen LogP) is 3.30. The van der Waals surface area contributed by atoms with Crippen LogP contribution in [-0.2, 0) is 9.59 Å². The van der Waals surface area contributed by atoms with Gasteiger partial charge in [0.2, 0.25) is 11.8 Å². The van der Waals surface area contributed by atoms with Crippen LogP contribution in [0.4, 0.5) is 11.4 Å². The Morgan fingerprint density at radius 1 is 1.12 bits per heavy atom. The van der Waals surface area contributed by atoms with E-state index in [9.17, 15) is 9.59 Å². The number of benzene rings is 2. The number of ether oxygens (including phenoxy) is 1. The average Bonchev–Trinajstić information content (AvgIpc) is 2.97. The molecule has 0 aromatic heterocycles. The van der Waals surface area contributed by atoms with Gasteiger partial charge in [-0.2, -0.15) is 0 Å². The topological polar surface area (TPSA) is 58.6 Å². The summed E-state index contributed by atoms with van der Waals surface area (Å²) in [5.74, 6) is 0.232. The minimum absolute atomic E-state index is 0.0140. The molecule has 1 aliphatic rings. The number of hydrogen-bond donors (Lipinski definition) is 1. The van der Waals surface area contributed by atoms with Crippen LogP contribution in [0.3, 0.4) is 0 Å². The van der Waals surface area contributed by atoms with E-state index in [2.05, 4.69) is 11.4 Å². The van der Waals surface area contributed by atoms with Gasteiger partial charge in [0.25, 0.3) is 0 Å². The molecular weight excluding hydrogens is 316 g/mol. The van der Waals surface area contributed by atoms with Crippen molar-refractivity contribution in [1.82, 2.24) is 0 Å². The number of anilines is 2. The highest BCUT2D eigenvalue weighted by Crippen LogP contribution is 2.28. The number of nitrogens with one attached hydrogen (secondary N) is 1. The molecule has 2 aromatic carbocycles. The summed E-state index contributed by atoms with van der Waals surface area (Å²) < 4.78 is 5.11. The van der Waals surface area contributed by atoms with Crippen LogP contribution in [0.1, 0.15) is 17.5 Å². The number of aryl methyl sites for hydroxylation is 2. The van der Waals surface area contributed by atoms with Gasteiger partial charge >= 0.3 is 0 Å². The summed E-state index contributed by atoms with van der Waals surface area (Å²) in [5.41, 5.74) is 3.77. The third kappa shape index (κ3) is 3.82. The van der Waals surface area contributed by atoms with Gasteiger partial charge in [0.1, 0.15) is 5.75 Å². The summed E-state index contributed by atoms with van der Waals surface area (Å²) in [6.45, 7) is 4.42. The molecule has 0 spiro atoms. The Morgan fingerprint density at radius 2 is 1.76 bits per heavy atom. The van der Waals surface area contributed by atoms with Crippen LogP contribution in [-0.4, -0.2) is 25.5 Å². The Balaban J connectivity index is 1.69. The predicted molar refractivity (Wildman–Crippen MR) is 98.0 cm³/mol. The van der Waals surface area contributed by atoms with Crippen LogP contribution in [0.15, 0.2) is 42.5 Å². The Kier molecular flexibility index (Phi) is 4.74. The Labute approximate surface area is 147 Å². The van der Waals surface area contributed by atoms with E-state index < -0.39 is 0 Å². The molecule has 130 valence electrons. The van der Waals surface area contributed by atoms with Crippen LogP contribution in [0.2, 0.25) is 0 Å². The molecule has 5 heteroatoms. The highest BCUT2D eigenvalue weighted by atomic mass is 16.5. The van der Waals surface area contributed by atoms with Gasteiger partial charge in [0.15, 0.2) is 0 Å². The molecule has 0 aliphatic carbocycles. The fourth-order valence-corrected chi connectivity index (χ4v) is 3.16. The number of hydrogen-bond acceptors (Lipinski definition) is 3. The van der Waals surface area contributed by atoms with Gasteiger partial charge < -0.3 is 15.0 Å². The summed E-state index contributed by atoms with van der Waals surface area (Å²) in [6.07, 6.45) is 0.231. The molecule has 2 aromatic rings. The minimum Gasteiger partial charge on any atom is -0.497 e. The first-order chi connectivity index (χ1) is 12.0. The molecule has 5 nitrogen and oxygen atoms in total. The standard InChI is InChI=1S/C20H22N2O3/c1-13-8-14(2)10-17(9-13)22-12-15(11-19(22)23)20(24)21-16-4-6-18(25-3)7-5-16/h4-10,15H,11-12H2,1-3H3,(H,21,24)/t15-/m0/s1. The largest absolute Gasteiger partial charge is 0.497 e. The van der Waals surface area contributed by atoms with Crippen molar-refractivity contribution in [2.75, 3.05) is 23.9 Å². The molecule has 25 heavy (non-hydrogen) atoms. The number of carbonyl (C=O) groups is 2. The first kappa shape index (κ1) is 17.0. The Hall–Kier alpha value is -2.82. The van der Waals surface area contributed by atoms with Gasteiger partial charge in [-0.25, -0.2) is 0 Å². The zero-order chi connectivity index (χ0) is 18.0. The first-order valence-corrected chi connectivity index (χ1v) is 8.30. The third-order valence-corrected chi connectivity index (χ3v) is 4.37. The lowest BCUT2D eigenvalue weighted by Gasteiger charge is -2.18. The van der Waals surface area contributed by atoms with Gasteiger partial charge in [-0.1, -0.05) is 6.07 Å². The van der Waals surface area contributed by atoms with Gasteiger partial charge in [-0.05, 0) is 61.4 Å². The van der Waals surface area contributed by atoms with E-state index in [-0.39, 0.29) is 24.2 Å². The van der Waals surface area contributed by atoms with E-state index in [1.54, 1.807) is 36.3 Å². The summed E-state index contributed by atoms with van der Waals surface area (Å²) in [7, 11) is 1.60. The average molecular weight is 338 g/mol. The van der Waals surface area contributed by atoms with Gasteiger partial charge in [0.05, 0.1) is 13.0 Å². The summed E-state index contributed by atoms with van der Waals surface area (Å²) in [6, 6.07) is 13.2. The highest BCUT2D eigenvalue weighted by Gasteiger charge is 2.35. The van der Waals surface area contributed by atoms with E-state index >= 15 is 0 Å². The molecule has 1 atom stereocenters. The van der Waals surface area contributed by atoms with Gasteiger partial charge in [0, 0.05) is 24.3 Å². The molecule has 0 saturated carbocycles. The van der Waals surface area contributed by atoms with E-state index in [4.69, 9.17) is 4.74 Å². The number of rotatable bonds is 4. The van der Waals surface area contributed by atoms with E-state index in [1.807, 2.05) is 26.0 Å². The van der Waals surface area contributed by atoms with Crippen LogP contribution in [0.5, 0.6) is 5.75 Å². The van der Waals surface area contributed by atoms with Gasteiger partial charge in [-0.15, -0.1) is 0 Å². The van der Waals surface area contributed by atoms with E-state index in [0.717, 1.165) is 22.6 Å². The maximum atomic E-state index is 12.5. The molecule has 3 rings (SSSR count). The molecule has 0 bridgehead atoms. The van der Waals surface area contributed by atoms with Crippen molar-refractivity contribution < 1.29 is 14.3 Å². The second kappa shape index (κ2) is 6.97. The lowest BCUT2D eigenvalue weighted by Crippen LogP contribution is -2.28. The van der Waals surface area contributed by atoms with Crippen LogP contribution in [0, 0.1) is 19.8 Å². The lowest BCUT2D eigenvalue weighted by molar-refractivity contribution is -0.122. The zero-order valence-electron chi connectivity index (χ0n) is 14.7. The Bertz CT molecular complexity index is 779. The number of carbonyl (C=O) groups excluding carboxylic acids is 2. The van der Waals surface area contributed by atoms with Gasteiger partial charge in [-0.3, -0.25) is 9.59 Å². The SMILES string of the molecule is COc1ccc(NC(=O)[C@H]2CC(=O)N(c3cc(C)cc(C)c3)C2)cc1. The molecular formula is C20H22N2O3. The quantitative estimate of drug-likeness (QED) is 0.930. The summed E-state index contributed by atoms with van der Waals surface area (Å²) >= 11 is 0. The minimum atomic E-state index is -0.351. The molecule has 1 fully saturated rings. The van der Waals surface area contributed by atoms with Crippen LogP contribution >= 0.6 is 0 Å². The molecule has 1 N–H and O–H groups in total. The normalized spacial score (nSPS) is 16.8. The number of nitrogens with zero attached hydrogens (tertiary/aromatic N) is 1. The summed E-state index contributed by atoms with van der Waals surface area (Å²) in [4.78, 5) is 26.6. The molecule has 0 unspecified atom stereocenters. The molecule has 2 amide bonds. The maximum Gasteiger partial charge on any atom is 0.229 e. The van der Waals surface area contributed by atoms with Crippen molar-refractivity contribution in [3.63, 3.8) is 0 Å². The van der Waals surface area contributed by atoms with Crippen molar-refractivity contribution in [3.05, 3.63) is 53.6 Å². The summed E-state index contributed by atoms with van der Waals surface area (Å²) in [5, 5.41) is 2.88. The smallest absolute Gasteiger partial charge is 0.229 e. The molecule has 0 radical (unpaired) electrons. The van der Waals surface area contributed by atoms with Crippen molar-refractivity contribution in [2.45, 2.75) is 20.3 Å². The number of methoxy groups -OCH3 is 1. The first-order valence-electron chi connectivity index (χ1n) is 8.30. The molecule has 1 aliphatic heterocycles. The second-order valence-electron chi connectivity index (χ2n) is 6.47. The third-order valence-electron chi connectivity index (χ3n) is 4.37. The van der Waals surface area contributed by atoms with Crippen molar-refractivity contribution >= 4 is 23.2 Å². The van der Waals surface area contributed by atoms with Crippen molar-refractivity contribution in [2.24, 2.45) is 5.92 Å². The highest BCUT2D eigenvalue weighted by molar-refractivity contribution is 6.03. The molecule has 1 saturated heterocycles. The fourth-order valence-electron chi connectivity index (χ4n) is 3.16. The van der Waals surface area contributed by atoms with Crippen LogP contribution < -0.4 is 15.0 Å². The zero-order valence-corrected chi connectivity index (χ0v) is 14.7. The van der Waals surface area contributed by atoms with Crippen molar-refractivity contribution in [3.8, 4) is 5.75 Å². The Morgan fingerprint density at radius 3 is 2.36 bits per heavy atom. The fraction of sp³-hybridized carbons (Fsp3) is 0.300. The second-order valence-corrected chi connectivity index (χ2v) is 6.47. The van der Waals surface area contributed by atoms with Crippen molar-refractivity contribution in [1.29, 1.82) is 0 Å².